The van der Waals surface area contributed by atoms with Crippen LogP contribution in [0.15, 0.2) is 67.3 Å². The maximum absolute atomic E-state index is 12.5. The number of hydrogen-bond donors (Lipinski definition) is 1. The molecule has 0 spiro atoms. The molecule has 0 unspecified atom stereocenters. The number of halogens is 3. The molecule has 1 amide bonds. The molecule has 3 aromatic rings. The molecular weight excluding hydrogens is 331 g/mol. The first-order chi connectivity index (χ1) is 11.9. The number of carbonyl (C=O) groups is 1. The third-order valence-corrected chi connectivity index (χ3v) is 3.60. The Bertz CT molecular complexity index is 839. The summed E-state index contributed by atoms with van der Waals surface area (Å²) in [5.41, 5.74) is 1.30. The first kappa shape index (κ1) is 16.8. The molecule has 128 valence electrons. The van der Waals surface area contributed by atoms with Gasteiger partial charge in [0.25, 0.3) is 0 Å². The third kappa shape index (κ3) is 4.26. The lowest BCUT2D eigenvalue weighted by molar-refractivity contribution is -0.137. The van der Waals surface area contributed by atoms with E-state index in [1.165, 1.54) is 12.1 Å². The van der Waals surface area contributed by atoms with Crippen LogP contribution < -0.4 is 5.32 Å². The molecule has 0 aliphatic rings. The molecule has 0 saturated carbocycles. The minimum Gasteiger partial charge on any atom is -0.326 e. The van der Waals surface area contributed by atoms with Crippen LogP contribution in [0.1, 0.15) is 11.1 Å². The average Bonchev–Trinajstić information content (AvgIpc) is 3.09. The van der Waals surface area contributed by atoms with Crippen LogP contribution in [0.3, 0.4) is 0 Å². The van der Waals surface area contributed by atoms with Crippen molar-refractivity contribution in [2.45, 2.75) is 12.6 Å². The van der Waals surface area contributed by atoms with E-state index < -0.39 is 11.7 Å². The zero-order chi connectivity index (χ0) is 17.9. The maximum atomic E-state index is 12.5. The van der Waals surface area contributed by atoms with Gasteiger partial charge in [-0.2, -0.15) is 13.2 Å². The number of carbonyl (C=O) groups excluding carboxylic acids is 1. The lowest BCUT2D eigenvalue weighted by atomic mass is 10.1. The van der Waals surface area contributed by atoms with Crippen molar-refractivity contribution in [1.82, 2.24) is 9.55 Å². The van der Waals surface area contributed by atoms with Gasteiger partial charge in [-0.25, -0.2) is 4.98 Å². The van der Waals surface area contributed by atoms with Crippen molar-refractivity contribution in [3.8, 4) is 5.69 Å². The lowest BCUT2D eigenvalue weighted by Gasteiger charge is -2.09. The predicted molar refractivity (Wildman–Crippen MR) is 87.3 cm³/mol. The molecule has 0 saturated heterocycles. The first-order valence-electron chi connectivity index (χ1n) is 7.46. The Hall–Kier alpha value is -3.09. The topological polar surface area (TPSA) is 46.9 Å². The fourth-order valence-corrected chi connectivity index (χ4v) is 2.33. The molecule has 2 aromatic carbocycles. The Morgan fingerprint density at radius 1 is 1.04 bits per heavy atom. The largest absolute Gasteiger partial charge is 0.416 e. The molecule has 1 aromatic heterocycles. The van der Waals surface area contributed by atoms with Crippen LogP contribution in [0.5, 0.6) is 0 Å². The van der Waals surface area contributed by atoms with Crippen molar-refractivity contribution >= 4 is 11.6 Å². The van der Waals surface area contributed by atoms with Crippen molar-refractivity contribution in [2.75, 3.05) is 5.32 Å². The van der Waals surface area contributed by atoms with E-state index in [1.54, 1.807) is 30.9 Å². The van der Waals surface area contributed by atoms with Gasteiger partial charge in [0.15, 0.2) is 0 Å². The number of benzene rings is 2. The number of nitrogens with one attached hydrogen (secondary N) is 1. The fraction of sp³-hybridized carbons (Fsp3) is 0.111. The second-order valence-electron chi connectivity index (χ2n) is 5.44. The van der Waals surface area contributed by atoms with E-state index in [0.29, 0.717) is 11.3 Å². The zero-order valence-electron chi connectivity index (χ0n) is 13.0. The van der Waals surface area contributed by atoms with Crippen molar-refractivity contribution in [3.63, 3.8) is 0 Å². The first-order valence-corrected chi connectivity index (χ1v) is 7.46. The molecule has 4 nitrogen and oxygen atoms in total. The van der Waals surface area contributed by atoms with Crippen LogP contribution in [0, 0.1) is 0 Å². The van der Waals surface area contributed by atoms with E-state index in [0.717, 1.165) is 17.8 Å². The number of imidazole rings is 1. The normalized spacial score (nSPS) is 11.3. The van der Waals surface area contributed by atoms with E-state index >= 15 is 0 Å². The van der Waals surface area contributed by atoms with E-state index in [2.05, 4.69) is 10.3 Å². The molecule has 1 heterocycles. The van der Waals surface area contributed by atoms with Gasteiger partial charge < -0.3 is 9.88 Å². The minimum atomic E-state index is -4.38. The van der Waals surface area contributed by atoms with E-state index in [4.69, 9.17) is 0 Å². The van der Waals surface area contributed by atoms with Gasteiger partial charge in [-0.1, -0.05) is 12.1 Å². The molecule has 7 heteroatoms. The molecule has 0 atom stereocenters. The van der Waals surface area contributed by atoms with Gasteiger partial charge in [-0.3, -0.25) is 4.79 Å². The number of rotatable bonds is 4. The summed E-state index contributed by atoms with van der Waals surface area (Å²) in [4.78, 5) is 16.0. The molecule has 0 aliphatic heterocycles. The number of aromatic nitrogens is 2. The highest BCUT2D eigenvalue weighted by Crippen LogP contribution is 2.29. The van der Waals surface area contributed by atoms with Crippen LogP contribution in [-0.4, -0.2) is 15.5 Å². The molecule has 0 fully saturated rings. The van der Waals surface area contributed by atoms with Crippen LogP contribution in [0.4, 0.5) is 18.9 Å². The highest BCUT2D eigenvalue weighted by Gasteiger charge is 2.29. The third-order valence-electron chi connectivity index (χ3n) is 3.60. The van der Waals surface area contributed by atoms with Gasteiger partial charge in [-0.15, -0.1) is 0 Å². The van der Waals surface area contributed by atoms with Crippen LogP contribution in [0.2, 0.25) is 0 Å². The van der Waals surface area contributed by atoms with Crippen molar-refractivity contribution < 1.29 is 18.0 Å². The van der Waals surface area contributed by atoms with Crippen molar-refractivity contribution in [1.29, 1.82) is 0 Å². The summed E-state index contributed by atoms with van der Waals surface area (Å²) in [5.74, 6) is -0.296. The van der Waals surface area contributed by atoms with Crippen LogP contribution >= 0.6 is 0 Å². The zero-order valence-corrected chi connectivity index (χ0v) is 13.0. The number of alkyl halides is 3. The molecular formula is C18H14F3N3O. The van der Waals surface area contributed by atoms with Gasteiger partial charge >= 0.3 is 6.18 Å². The van der Waals surface area contributed by atoms with E-state index in [1.807, 2.05) is 16.7 Å². The Labute approximate surface area is 141 Å². The molecule has 0 aliphatic carbocycles. The van der Waals surface area contributed by atoms with Gasteiger partial charge in [-0.05, 0) is 42.0 Å². The molecule has 0 radical (unpaired) electrons. The van der Waals surface area contributed by atoms with Crippen molar-refractivity contribution in [2.24, 2.45) is 0 Å². The lowest BCUT2D eigenvalue weighted by Crippen LogP contribution is -2.14. The number of nitrogens with zero attached hydrogens (tertiary/aromatic N) is 2. The number of hydrogen-bond acceptors (Lipinski definition) is 2. The summed E-state index contributed by atoms with van der Waals surface area (Å²) in [6.45, 7) is 0. The summed E-state index contributed by atoms with van der Waals surface area (Å²) in [6, 6.07) is 11.7. The predicted octanol–water partition coefficient (Wildman–Crippen LogP) is 4.07. The second kappa shape index (κ2) is 6.80. The Balaban J connectivity index is 1.61. The Morgan fingerprint density at radius 3 is 2.28 bits per heavy atom. The summed E-state index contributed by atoms with van der Waals surface area (Å²) in [6.07, 6.45) is 0.759. The summed E-state index contributed by atoms with van der Waals surface area (Å²) in [5, 5.41) is 2.72. The monoisotopic (exact) mass is 345 g/mol. The van der Waals surface area contributed by atoms with E-state index in [9.17, 15) is 18.0 Å². The molecule has 25 heavy (non-hydrogen) atoms. The summed E-state index contributed by atoms with van der Waals surface area (Å²) in [7, 11) is 0. The Morgan fingerprint density at radius 2 is 1.72 bits per heavy atom. The minimum absolute atomic E-state index is 0.00140. The van der Waals surface area contributed by atoms with Gasteiger partial charge in [0.1, 0.15) is 0 Å². The highest BCUT2D eigenvalue weighted by atomic mass is 19.4. The van der Waals surface area contributed by atoms with Gasteiger partial charge in [0.05, 0.1) is 18.3 Å². The number of amides is 1. The maximum Gasteiger partial charge on any atom is 0.416 e. The standard InChI is InChI=1S/C18H14F3N3O/c19-18(20,21)14-3-1-13(2-4-14)11-17(25)23-15-5-7-16(8-6-15)24-10-9-22-12-24/h1-10,12H,11H2,(H,23,25). The summed E-state index contributed by atoms with van der Waals surface area (Å²) < 4.78 is 39.4. The molecule has 3 rings (SSSR count). The van der Waals surface area contributed by atoms with E-state index in [-0.39, 0.29) is 12.3 Å². The quantitative estimate of drug-likeness (QED) is 0.775. The Kier molecular flexibility index (Phi) is 4.56. The number of anilines is 1. The fourth-order valence-electron chi connectivity index (χ4n) is 2.33. The SMILES string of the molecule is O=C(Cc1ccc(C(F)(F)F)cc1)Nc1ccc(-n2ccnc2)cc1. The van der Waals surface area contributed by atoms with Gasteiger partial charge in [0.2, 0.25) is 5.91 Å². The van der Waals surface area contributed by atoms with Crippen LogP contribution in [0.25, 0.3) is 5.69 Å². The van der Waals surface area contributed by atoms with Crippen LogP contribution in [-0.2, 0) is 17.4 Å². The highest BCUT2D eigenvalue weighted by molar-refractivity contribution is 5.92. The smallest absolute Gasteiger partial charge is 0.326 e. The second-order valence-corrected chi connectivity index (χ2v) is 5.44. The summed E-state index contributed by atoms with van der Waals surface area (Å²) >= 11 is 0. The van der Waals surface area contributed by atoms with Crippen molar-refractivity contribution in [3.05, 3.63) is 78.4 Å². The molecule has 1 N–H and O–H groups in total. The van der Waals surface area contributed by atoms with Gasteiger partial charge in [0, 0.05) is 23.8 Å². The average molecular weight is 345 g/mol. The molecule has 0 bridgehead atoms.